The Morgan fingerprint density at radius 3 is 2.77 bits per heavy atom. The number of fused-ring (bicyclic) bond motifs is 2. The molecule has 2 bridgehead atoms. The molecule has 2 unspecified atom stereocenters. The molecular weight excluding hydrogens is 404 g/mol. The van der Waals surface area contributed by atoms with Crippen LogP contribution in [-0.2, 0) is 9.47 Å². The maximum absolute atomic E-state index is 14.1. The standard InChI is InChI=1S/C17H18BBrFN3O3/c1-9(25-15-10-5-23(18)6-11(15)8-24-7-10)17-21-16(22-26-17)13-3-2-12(19)4-14(13)20/h2-4,9-11,15H,5-8H2,1H3/t9-,10?,11?,15?/m1/s1. The van der Waals surface area contributed by atoms with Crippen molar-refractivity contribution in [2.45, 2.75) is 19.1 Å². The van der Waals surface area contributed by atoms with Crippen molar-refractivity contribution < 1.29 is 18.4 Å². The van der Waals surface area contributed by atoms with Crippen molar-refractivity contribution in [1.82, 2.24) is 15.0 Å². The molecule has 0 N–H and O–H groups in total. The zero-order valence-electron chi connectivity index (χ0n) is 14.3. The van der Waals surface area contributed by atoms with Crippen LogP contribution < -0.4 is 0 Å². The molecule has 4 rings (SSSR count). The van der Waals surface area contributed by atoms with Crippen LogP contribution in [0.2, 0.25) is 0 Å². The lowest BCUT2D eigenvalue weighted by Gasteiger charge is -2.46. The highest BCUT2D eigenvalue weighted by molar-refractivity contribution is 9.10. The van der Waals surface area contributed by atoms with Crippen molar-refractivity contribution in [2.24, 2.45) is 11.8 Å². The van der Waals surface area contributed by atoms with Gasteiger partial charge in [0.1, 0.15) is 11.9 Å². The number of rotatable bonds is 4. The van der Waals surface area contributed by atoms with E-state index in [1.54, 1.807) is 12.1 Å². The van der Waals surface area contributed by atoms with E-state index < -0.39 is 11.9 Å². The van der Waals surface area contributed by atoms with Gasteiger partial charge in [0, 0.05) is 16.3 Å². The van der Waals surface area contributed by atoms with Gasteiger partial charge in [-0.1, -0.05) is 21.1 Å². The van der Waals surface area contributed by atoms with E-state index in [1.807, 2.05) is 11.7 Å². The topological polar surface area (TPSA) is 60.6 Å². The monoisotopic (exact) mass is 421 g/mol. The molecule has 6 nitrogen and oxygen atoms in total. The summed E-state index contributed by atoms with van der Waals surface area (Å²) < 4.78 is 31.9. The summed E-state index contributed by atoms with van der Waals surface area (Å²) in [6.45, 7) is 4.57. The van der Waals surface area contributed by atoms with Crippen molar-refractivity contribution in [3.05, 3.63) is 34.4 Å². The third-order valence-corrected chi connectivity index (χ3v) is 5.35. The van der Waals surface area contributed by atoms with Gasteiger partial charge in [0.05, 0.1) is 24.9 Å². The molecule has 3 heterocycles. The van der Waals surface area contributed by atoms with Gasteiger partial charge >= 0.3 is 0 Å². The van der Waals surface area contributed by atoms with Crippen molar-refractivity contribution in [3.63, 3.8) is 0 Å². The van der Waals surface area contributed by atoms with E-state index >= 15 is 0 Å². The first-order valence-corrected chi connectivity index (χ1v) is 9.32. The molecule has 2 aliphatic rings. The van der Waals surface area contributed by atoms with Crippen LogP contribution >= 0.6 is 15.9 Å². The number of benzene rings is 1. The van der Waals surface area contributed by atoms with E-state index in [9.17, 15) is 4.39 Å². The molecule has 1 aromatic heterocycles. The largest absolute Gasteiger partial charge is 0.381 e. The van der Waals surface area contributed by atoms with E-state index in [0.29, 0.717) is 23.6 Å². The zero-order chi connectivity index (χ0) is 18.3. The van der Waals surface area contributed by atoms with Crippen LogP contribution in [0.3, 0.4) is 0 Å². The fourth-order valence-corrected chi connectivity index (χ4v) is 3.97. The summed E-state index contributed by atoms with van der Waals surface area (Å²) in [5, 5.41) is 3.90. The quantitative estimate of drug-likeness (QED) is 0.707. The Hall–Kier alpha value is -1.29. The fourth-order valence-electron chi connectivity index (χ4n) is 3.63. The maximum Gasteiger partial charge on any atom is 0.255 e. The molecule has 9 heteroatoms. The van der Waals surface area contributed by atoms with Crippen LogP contribution in [0.25, 0.3) is 11.4 Å². The van der Waals surface area contributed by atoms with E-state index in [0.717, 1.165) is 13.1 Å². The number of halogens is 2. The summed E-state index contributed by atoms with van der Waals surface area (Å²) in [7, 11) is 5.96. The van der Waals surface area contributed by atoms with Crippen molar-refractivity contribution in [3.8, 4) is 11.4 Å². The smallest absolute Gasteiger partial charge is 0.255 e. The first-order chi connectivity index (χ1) is 12.5. The Labute approximate surface area is 160 Å². The third kappa shape index (κ3) is 3.58. The molecule has 2 fully saturated rings. The summed E-state index contributed by atoms with van der Waals surface area (Å²) in [5.41, 5.74) is 0.289. The van der Waals surface area contributed by atoms with Gasteiger partial charge in [-0.25, -0.2) is 4.39 Å². The van der Waals surface area contributed by atoms with Gasteiger partial charge in [0.15, 0.2) is 7.98 Å². The minimum Gasteiger partial charge on any atom is -0.381 e. The third-order valence-electron chi connectivity index (χ3n) is 4.85. The Kier molecular flexibility index (Phi) is 5.14. The summed E-state index contributed by atoms with van der Waals surface area (Å²) in [6.07, 6.45) is -0.370. The molecule has 2 radical (unpaired) electrons. The second-order valence-corrected chi connectivity index (χ2v) is 7.75. The van der Waals surface area contributed by atoms with Crippen molar-refractivity contribution >= 4 is 23.9 Å². The Morgan fingerprint density at radius 2 is 2.08 bits per heavy atom. The van der Waals surface area contributed by atoms with Crippen LogP contribution in [0.15, 0.2) is 27.2 Å². The van der Waals surface area contributed by atoms with Crippen LogP contribution in [-0.4, -0.2) is 55.3 Å². The van der Waals surface area contributed by atoms with Gasteiger partial charge in [-0.2, -0.15) is 4.98 Å². The number of piperidine rings is 1. The van der Waals surface area contributed by atoms with Gasteiger partial charge in [0.2, 0.25) is 5.82 Å². The molecule has 136 valence electrons. The van der Waals surface area contributed by atoms with Gasteiger partial charge in [-0.05, 0) is 38.2 Å². The van der Waals surface area contributed by atoms with E-state index in [1.165, 1.54) is 6.07 Å². The Morgan fingerprint density at radius 1 is 1.35 bits per heavy atom. The molecule has 2 saturated heterocycles. The second-order valence-electron chi connectivity index (χ2n) is 6.83. The van der Waals surface area contributed by atoms with E-state index in [2.05, 4.69) is 26.1 Å². The molecular formula is C17H18BBrFN3O3. The molecule has 0 amide bonds. The molecule has 0 aliphatic carbocycles. The van der Waals surface area contributed by atoms with Crippen molar-refractivity contribution in [1.29, 1.82) is 0 Å². The number of aromatic nitrogens is 2. The highest BCUT2D eigenvalue weighted by atomic mass is 79.9. The normalized spacial score (nSPS) is 27.4. The van der Waals surface area contributed by atoms with Gasteiger partial charge in [0.25, 0.3) is 5.89 Å². The second kappa shape index (κ2) is 7.38. The van der Waals surface area contributed by atoms with E-state index in [4.69, 9.17) is 22.0 Å². The number of hydrogen-bond acceptors (Lipinski definition) is 6. The van der Waals surface area contributed by atoms with Crippen LogP contribution in [0.4, 0.5) is 4.39 Å². The molecule has 2 aromatic rings. The first-order valence-electron chi connectivity index (χ1n) is 8.53. The zero-order valence-corrected chi connectivity index (χ0v) is 15.9. The highest BCUT2D eigenvalue weighted by Crippen LogP contribution is 2.33. The molecule has 26 heavy (non-hydrogen) atoms. The first kappa shape index (κ1) is 18.1. The highest BCUT2D eigenvalue weighted by Gasteiger charge is 2.41. The molecule has 0 spiro atoms. The molecule has 2 aliphatic heterocycles. The lowest BCUT2D eigenvalue weighted by atomic mass is 9.83. The number of hydrogen-bond donors (Lipinski definition) is 0. The summed E-state index contributed by atoms with van der Waals surface area (Å²) in [4.78, 5) is 6.14. The van der Waals surface area contributed by atoms with Crippen LogP contribution in [0.5, 0.6) is 0 Å². The fraction of sp³-hybridized carbons (Fsp3) is 0.529. The molecule has 1 aromatic carbocycles. The average molecular weight is 422 g/mol. The minimum atomic E-state index is -0.415. The maximum atomic E-state index is 14.1. The molecule has 0 saturated carbocycles. The summed E-state index contributed by atoms with van der Waals surface area (Å²) >= 11 is 3.23. The minimum absolute atomic E-state index is 0.0262. The SMILES string of the molecule is [B]N1CC2COCC(C1)C2O[C@H](C)c1nc(-c2ccc(Br)cc2F)no1. The average Bonchev–Trinajstić information content (AvgIpc) is 3.05. The van der Waals surface area contributed by atoms with Crippen molar-refractivity contribution in [2.75, 3.05) is 26.3 Å². The predicted octanol–water partition coefficient (Wildman–Crippen LogP) is 2.75. The summed E-state index contributed by atoms with van der Waals surface area (Å²) in [5.74, 6) is 0.544. The number of nitrogens with zero attached hydrogens (tertiary/aromatic N) is 3. The Balaban J connectivity index is 1.49. The van der Waals surface area contributed by atoms with E-state index in [-0.39, 0.29) is 29.3 Å². The van der Waals surface area contributed by atoms with Gasteiger partial charge < -0.3 is 18.8 Å². The lowest BCUT2D eigenvalue weighted by molar-refractivity contribution is -0.161. The van der Waals surface area contributed by atoms with Gasteiger partial charge in [-0.15, -0.1) is 0 Å². The molecule has 3 atom stereocenters. The lowest BCUT2D eigenvalue weighted by Crippen LogP contribution is -2.55. The summed E-state index contributed by atoms with van der Waals surface area (Å²) in [6, 6.07) is 4.71. The van der Waals surface area contributed by atoms with Gasteiger partial charge in [-0.3, -0.25) is 0 Å². The van der Waals surface area contributed by atoms with Crippen LogP contribution in [0.1, 0.15) is 18.9 Å². The predicted molar refractivity (Wildman–Crippen MR) is 95.8 cm³/mol. The Bertz CT molecular complexity index is 778. The van der Waals surface area contributed by atoms with Crippen LogP contribution in [0, 0.1) is 17.7 Å². The number of ether oxygens (including phenoxy) is 2.